The zero-order chi connectivity index (χ0) is 15.1. The standard InChI is InChI=1S/C17H16O3Te/c1-19-14-8-10-15(11-9-14)21-16(12-17(18)20-2)13-6-4-3-5-7-13/h3-12H,1-2H3/b16-12-. The Hall–Kier alpha value is -1.76. The maximum absolute atomic E-state index is 11.6. The molecule has 0 aliphatic heterocycles. The molecule has 21 heavy (non-hydrogen) atoms. The van der Waals surface area contributed by atoms with E-state index in [1.165, 1.54) is 10.7 Å². The SMILES string of the molecule is COC(=O)/C=C(\[Te]c1ccc(OC)cc1)c1ccccc1. The normalized spacial score (nSPS) is 11.0. The molecule has 2 rings (SSSR count). The second-order valence-corrected chi connectivity index (χ2v) is 7.36. The molecule has 0 amide bonds. The summed E-state index contributed by atoms with van der Waals surface area (Å²) >= 11 is -0.676. The summed E-state index contributed by atoms with van der Waals surface area (Å²) in [6.07, 6.45) is 1.60. The van der Waals surface area contributed by atoms with Crippen LogP contribution >= 0.6 is 0 Å². The molecule has 0 aromatic heterocycles. The first kappa shape index (κ1) is 15.6. The average molecular weight is 396 g/mol. The molecule has 0 aliphatic rings. The van der Waals surface area contributed by atoms with Gasteiger partial charge in [0.25, 0.3) is 0 Å². The van der Waals surface area contributed by atoms with Gasteiger partial charge in [0.05, 0.1) is 0 Å². The molecule has 0 heterocycles. The van der Waals surface area contributed by atoms with Crippen LogP contribution in [-0.4, -0.2) is 41.1 Å². The van der Waals surface area contributed by atoms with Crippen LogP contribution < -0.4 is 8.35 Å². The van der Waals surface area contributed by atoms with Crippen LogP contribution in [0.3, 0.4) is 0 Å². The Kier molecular flexibility index (Phi) is 5.86. The molecule has 0 saturated carbocycles. The van der Waals surface area contributed by atoms with Gasteiger partial charge in [-0.3, -0.25) is 0 Å². The summed E-state index contributed by atoms with van der Waals surface area (Å²) in [5, 5.41) is 0. The summed E-state index contributed by atoms with van der Waals surface area (Å²) in [7, 11) is 3.05. The van der Waals surface area contributed by atoms with E-state index in [1.54, 1.807) is 13.2 Å². The van der Waals surface area contributed by atoms with Gasteiger partial charge >= 0.3 is 135 Å². The molecule has 4 heteroatoms. The van der Waals surface area contributed by atoms with Gasteiger partial charge in [-0.05, 0) is 0 Å². The molecule has 0 N–H and O–H groups in total. The third kappa shape index (κ3) is 4.63. The van der Waals surface area contributed by atoms with E-state index in [1.807, 2.05) is 42.5 Å². The van der Waals surface area contributed by atoms with Gasteiger partial charge in [0.1, 0.15) is 0 Å². The van der Waals surface area contributed by atoms with E-state index >= 15 is 0 Å². The molecule has 0 saturated heterocycles. The van der Waals surface area contributed by atoms with Crippen LogP contribution in [0.5, 0.6) is 5.75 Å². The van der Waals surface area contributed by atoms with E-state index in [-0.39, 0.29) is 5.97 Å². The van der Waals surface area contributed by atoms with Crippen molar-refractivity contribution in [1.29, 1.82) is 0 Å². The van der Waals surface area contributed by atoms with E-state index in [0.717, 1.165) is 14.9 Å². The molecule has 0 spiro atoms. The van der Waals surface area contributed by atoms with Gasteiger partial charge in [-0.25, -0.2) is 0 Å². The second kappa shape index (κ2) is 7.87. The Bertz CT molecular complexity index is 618. The Morgan fingerprint density at radius 1 is 1.00 bits per heavy atom. The number of rotatable bonds is 5. The van der Waals surface area contributed by atoms with Gasteiger partial charge < -0.3 is 0 Å². The molecule has 2 aromatic carbocycles. The van der Waals surface area contributed by atoms with Crippen molar-refractivity contribution in [3.05, 3.63) is 66.2 Å². The van der Waals surface area contributed by atoms with Gasteiger partial charge in [-0.15, -0.1) is 0 Å². The monoisotopic (exact) mass is 398 g/mol. The maximum atomic E-state index is 11.6. The van der Waals surface area contributed by atoms with Crippen molar-refractivity contribution in [2.45, 2.75) is 0 Å². The minimum atomic E-state index is -0.676. The minimum absolute atomic E-state index is 0.313. The fourth-order valence-corrected chi connectivity index (χ4v) is 4.38. The Morgan fingerprint density at radius 3 is 2.24 bits per heavy atom. The molecular formula is C17H16O3Te. The van der Waals surface area contributed by atoms with Gasteiger partial charge in [-0.2, -0.15) is 0 Å². The van der Waals surface area contributed by atoms with Crippen LogP contribution in [-0.2, 0) is 9.53 Å². The third-order valence-corrected chi connectivity index (χ3v) is 5.88. The number of benzene rings is 2. The van der Waals surface area contributed by atoms with E-state index in [2.05, 4.69) is 12.1 Å². The number of hydrogen-bond acceptors (Lipinski definition) is 3. The molecule has 0 radical (unpaired) electrons. The zero-order valence-electron chi connectivity index (χ0n) is 11.9. The third-order valence-electron chi connectivity index (χ3n) is 2.80. The van der Waals surface area contributed by atoms with E-state index < -0.39 is 20.9 Å². The van der Waals surface area contributed by atoms with Crippen LogP contribution in [0, 0.1) is 0 Å². The first-order valence-electron chi connectivity index (χ1n) is 6.40. The van der Waals surface area contributed by atoms with Crippen molar-refractivity contribution in [2.24, 2.45) is 0 Å². The Balaban J connectivity index is 2.27. The summed E-state index contributed by atoms with van der Waals surface area (Å²) in [5.74, 6) is 0.525. The van der Waals surface area contributed by atoms with Crippen LogP contribution in [0.25, 0.3) is 3.62 Å². The summed E-state index contributed by atoms with van der Waals surface area (Å²) in [6, 6.07) is 17.9. The molecule has 0 aliphatic carbocycles. The molecule has 0 bridgehead atoms. The molecule has 0 atom stereocenters. The summed E-state index contributed by atoms with van der Waals surface area (Å²) in [5.41, 5.74) is 1.07. The van der Waals surface area contributed by atoms with Crippen molar-refractivity contribution in [2.75, 3.05) is 14.2 Å². The first-order chi connectivity index (χ1) is 10.2. The Morgan fingerprint density at radius 2 is 1.67 bits per heavy atom. The number of hydrogen-bond donors (Lipinski definition) is 0. The van der Waals surface area contributed by atoms with Gasteiger partial charge in [-0.1, -0.05) is 0 Å². The summed E-state index contributed by atoms with van der Waals surface area (Å²) < 4.78 is 12.2. The van der Waals surface area contributed by atoms with E-state index in [9.17, 15) is 4.79 Å². The zero-order valence-corrected chi connectivity index (χ0v) is 14.2. The number of carbonyl (C=O) groups is 1. The fraction of sp³-hybridized carbons (Fsp3) is 0.118. The quantitative estimate of drug-likeness (QED) is 0.442. The van der Waals surface area contributed by atoms with Crippen molar-refractivity contribution in [1.82, 2.24) is 0 Å². The second-order valence-electron chi connectivity index (χ2n) is 4.18. The number of esters is 1. The van der Waals surface area contributed by atoms with Crippen molar-refractivity contribution in [3.63, 3.8) is 0 Å². The topological polar surface area (TPSA) is 35.5 Å². The molecular weight excluding hydrogens is 380 g/mol. The molecule has 0 fully saturated rings. The molecule has 2 aromatic rings. The average Bonchev–Trinajstić information content (AvgIpc) is 2.55. The van der Waals surface area contributed by atoms with Crippen molar-refractivity contribution >= 4 is 34.1 Å². The Labute approximate surface area is 134 Å². The van der Waals surface area contributed by atoms with Gasteiger partial charge in [0.15, 0.2) is 0 Å². The van der Waals surface area contributed by atoms with Crippen molar-refractivity contribution in [3.8, 4) is 5.75 Å². The fourth-order valence-electron chi connectivity index (χ4n) is 1.71. The predicted molar refractivity (Wildman–Crippen MR) is 84.8 cm³/mol. The first-order valence-corrected chi connectivity index (χ1v) is 8.73. The number of ether oxygens (including phenoxy) is 2. The van der Waals surface area contributed by atoms with Crippen LogP contribution in [0.15, 0.2) is 60.7 Å². The number of methoxy groups -OCH3 is 2. The van der Waals surface area contributed by atoms with Crippen LogP contribution in [0.1, 0.15) is 5.56 Å². The molecule has 108 valence electrons. The van der Waals surface area contributed by atoms with Crippen LogP contribution in [0.2, 0.25) is 0 Å². The predicted octanol–water partition coefficient (Wildman–Crippen LogP) is 2.24. The van der Waals surface area contributed by atoms with Crippen LogP contribution in [0.4, 0.5) is 0 Å². The summed E-state index contributed by atoms with van der Waals surface area (Å²) in [6.45, 7) is 0. The van der Waals surface area contributed by atoms with E-state index in [4.69, 9.17) is 9.47 Å². The summed E-state index contributed by atoms with van der Waals surface area (Å²) in [4.78, 5) is 11.6. The molecule has 0 unspecified atom stereocenters. The van der Waals surface area contributed by atoms with Crippen molar-refractivity contribution < 1.29 is 14.3 Å². The number of carbonyl (C=O) groups excluding carboxylic acids is 1. The van der Waals surface area contributed by atoms with E-state index in [0.29, 0.717) is 0 Å². The van der Waals surface area contributed by atoms with Gasteiger partial charge in [0, 0.05) is 0 Å². The molecule has 3 nitrogen and oxygen atoms in total. The van der Waals surface area contributed by atoms with Gasteiger partial charge in [0.2, 0.25) is 0 Å².